The van der Waals surface area contributed by atoms with Crippen LogP contribution in [0.15, 0.2) is 30.3 Å². The van der Waals surface area contributed by atoms with Crippen LogP contribution in [0.1, 0.15) is 11.6 Å². The fourth-order valence-corrected chi connectivity index (χ4v) is 1.94. The summed E-state index contributed by atoms with van der Waals surface area (Å²) in [5.74, 6) is -0.727. The Kier molecular flexibility index (Phi) is 3.39. The summed E-state index contributed by atoms with van der Waals surface area (Å²) in [6, 6.07) is 8.36. The van der Waals surface area contributed by atoms with Gasteiger partial charge in [0.1, 0.15) is 12.6 Å². The van der Waals surface area contributed by atoms with E-state index < -0.39 is 11.9 Å². The Hall–Kier alpha value is -1.88. The van der Waals surface area contributed by atoms with Gasteiger partial charge in [0, 0.05) is 6.54 Å². The summed E-state index contributed by atoms with van der Waals surface area (Å²) < 4.78 is 5.03. The molecule has 1 fully saturated rings. The Balaban J connectivity index is 2.29. The molecule has 0 saturated carbocycles. The van der Waals surface area contributed by atoms with Gasteiger partial charge in [-0.1, -0.05) is 30.3 Å². The monoisotopic (exact) mass is 234 g/mol. The van der Waals surface area contributed by atoms with E-state index in [1.54, 1.807) is 12.1 Å². The highest BCUT2D eigenvalue weighted by Gasteiger charge is 2.31. The number of hydrogen-bond acceptors (Lipinski definition) is 3. The van der Waals surface area contributed by atoms with E-state index in [-0.39, 0.29) is 12.5 Å². The van der Waals surface area contributed by atoms with Crippen LogP contribution < -0.4 is 5.73 Å². The van der Waals surface area contributed by atoms with Crippen molar-refractivity contribution in [1.82, 2.24) is 4.90 Å². The highest BCUT2D eigenvalue weighted by molar-refractivity contribution is 5.88. The van der Waals surface area contributed by atoms with E-state index in [4.69, 9.17) is 10.5 Å². The summed E-state index contributed by atoms with van der Waals surface area (Å²) in [4.78, 5) is 24.7. The zero-order valence-electron chi connectivity index (χ0n) is 9.33. The van der Waals surface area contributed by atoms with Crippen molar-refractivity contribution < 1.29 is 14.3 Å². The van der Waals surface area contributed by atoms with E-state index in [2.05, 4.69) is 0 Å². The van der Waals surface area contributed by atoms with E-state index in [0.717, 1.165) is 5.56 Å². The van der Waals surface area contributed by atoms with Crippen LogP contribution in [0.25, 0.3) is 0 Å². The van der Waals surface area contributed by atoms with Gasteiger partial charge in [0.05, 0.1) is 6.61 Å². The molecule has 1 unspecified atom stereocenters. The maximum atomic E-state index is 11.7. The van der Waals surface area contributed by atoms with Gasteiger partial charge in [0.2, 0.25) is 11.8 Å². The topological polar surface area (TPSA) is 72.6 Å². The van der Waals surface area contributed by atoms with E-state index >= 15 is 0 Å². The van der Waals surface area contributed by atoms with E-state index in [9.17, 15) is 9.59 Å². The highest BCUT2D eigenvalue weighted by Crippen LogP contribution is 2.21. The average molecular weight is 234 g/mol. The lowest BCUT2D eigenvalue weighted by Gasteiger charge is -2.32. The van der Waals surface area contributed by atoms with Crippen molar-refractivity contribution >= 4 is 11.8 Å². The summed E-state index contributed by atoms with van der Waals surface area (Å²) in [6.45, 7) is 0.834. The third-order valence-corrected chi connectivity index (χ3v) is 2.72. The molecule has 2 N–H and O–H groups in total. The zero-order valence-corrected chi connectivity index (χ0v) is 9.33. The number of nitrogens with zero attached hydrogens (tertiary/aromatic N) is 1. The molecule has 1 heterocycles. The number of amides is 2. The summed E-state index contributed by atoms with van der Waals surface area (Å²) >= 11 is 0. The van der Waals surface area contributed by atoms with Crippen molar-refractivity contribution in [2.24, 2.45) is 5.73 Å². The second-order valence-corrected chi connectivity index (χ2v) is 3.86. The van der Waals surface area contributed by atoms with Crippen molar-refractivity contribution in [3.63, 3.8) is 0 Å². The number of morpholine rings is 1. The lowest BCUT2D eigenvalue weighted by Crippen LogP contribution is -2.47. The minimum Gasteiger partial charge on any atom is -0.370 e. The number of primary amides is 1. The number of hydrogen-bond donors (Lipinski definition) is 1. The van der Waals surface area contributed by atoms with Crippen LogP contribution in [-0.4, -0.2) is 36.5 Å². The highest BCUT2D eigenvalue weighted by atomic mass is 16.5. The molecule has 90 valence electrons. The molecule has 1 aliphatic heterocycles. The standard InChI is InChI=1S/C12H14N2O3/c13-12(16)11(9-4-2-1-3-5-9)14-6-7-17-8-10(14)15/h1-5,11H,6-8H2,(H2,13,16). The largest absolute Gasteiger partial charge is 0.370 e. The van der Waals surface area contributed by atoms with Gasteiger partial charge < -0.3 is 15.4 Å². The molecule has 2 amide bonds. The van der Waals surface area contributed by atoms with Gasteiger partial charge in [-0.05, 0) is 5.56 Å². The molecule has 0 spiro atoms. The molecule has 1 atom stereocenters. The lowest BCUT2D eigenvalue weighted by atomic mass is 10.0. The zero-order chi connectivity index (χ0) is 12.3. The van der Waals surface area contributed by atoms with Gasteiger partial charge in [-0.2, -0.15) is 0 Å². The summed E-state index contributed by atoms with van der Waals surface area (Å²) in [6.07, 6.45) is 0. The fourth-order valence-electron chi connectivity index (χ4n) is 1.94. The molecular weight excluding hydrogens is 220 g/mol. The molecule has 0 aliphatic carbocycles. The van der Waals surface area contributed by atoms with Gasteiger partial charge in [-0.3, -0.25) is 9.59 Å². The van der Waals surface area contributed by atoms with Crippen molar-refractivity contribution in [2.75, 3.05) is 19.8 Å². The third-order valence-electron chi connectivity index (χ3n) is 2.72. The van der Waals surface area contributed by atoms with Crippen LogP contribution in [0.3, 0.4) is 0 Å². The maximum absolute atomic E-state index is 11.7. The first kappa shape index (κ1) is 11.6. The molecule has 1 aliphatic rings. The molecule has 5 nitrogen and oxygen atoms in total. The normalized spacial score (nSPS) is 17.9. The van der Waals surface area contributed by atoms with Crippen LogP contribution in [0, 0.1) is 0 Å². The third kappa shape index (κ3) is 2.45. The molecule has 5 heteroatoms. The summed E-state index contributed by atoms with van der Waals surface area (Å²) in [7, 11) is 0. The van der Waals surface area contributed by atoms with Crippen molar-refractivity contribution in [3.8, 4) is 0 Å². The second kappa shape index (κ2) is 4.97. The van der Waals surface area contributed by atoms with Gasteiger partial charge in [-0.25, -0.2) is 0 Å². The van der Waals surface area contributed by atoms with Gasteiger partial charge in [0.15, 0.2) is 0 Å². The second-order valence-electron chi connectivity index (χ2n) is 3.86. The van der Waals surface area contributed by atoms with E-state index in [1.165, 1.54) is 4.90 Å². The molecule has 1 aromatic rings. The molecule has 0 bridgehead atoms. The fraction of sp³-hybridized carbons (Fsp3) is 0.333. The summed E-state index contributed by atoms with van der Waals surface area (Å²) in [5.41, 5.74) is 6.12. The van der Waals surface area contributed by atoms with Crippen LogP contribution in [-0.2, 0) is 14.3 Å². The van der Waals surface area contributed by atoms with Crippen molar-refractivity contribution in [2.45, 2.75) is 6.04 Å². The smallest absolute Gasteiger partial charge is 0.249 e. The van der Waals surface area contributed by atoms with Gasteiger partial charge >= 0.3 is 0 Å². The Bertz CT molecular complexity index is 419. The van der Waals surface area contributed by atoms with E-state index in [1.807, 2.05) is 18.2 Å². The van der Waals surface area contributed by atoms with E-state index in [0.29, 0.717) is 13.2 Å². The number of ether oxygens (including phenoxy) is 1. The predicted molar refractivity (Wildman–Crippen MR) is 60.9 cm³/mol. The first-order valence-corrected chi connectivity index (χ1v) is 5.41. The Morgan fingerprint density at radius 2 is 2.06 bits per heavy atom. The van der Waals surface area contributed by atoms with Gasteiger partial charge in [-0.15, -0.1) is 0 Å². The van der Waals surface area contributed by atoms with Crippen LogP contribution in [0.5, 0.6) is 0 Å². The van der Waals surface area contributed by atoms with Gasteiger partial charge in [0.25, 0.3) is 0 Å². The molecule has 0 aromatic heterocycles. The average Bonchev–Trinajstić information content (AvgIpc) is 2.33. The quantitative estimate of drug-likeness (QED) is 0.804. The number of benzene rings is 1. The minimum atomic E-state index is -0.701. The molecule has 0 radical (unpaired) electrons. The summed E-state index contributed by atoms with van der Waals surface area (Å²) in [5, 5.41) is 0. The van der Waals surface area contributed by atoms with Crippen molar-refractivity contribution in [1.29, 1.82) is 0 Å². The predicted octanol–water partition coefficient (Wildman–Crippen LogP) is 0.0718. The van der Waals surface area contributed by atoms with Crippen molar-refractivity contribution in [3.05, 3.63) is 35.9 Å². The molecule has 1 saturated heterocycles. The molecule has 2 rings (SSSR count). The SMILES string of the molecule is NC(=O)C(c1ccccc1)N1CCOCC1=O. The Morgan fingerprint density at radius 3 is 2.65 bits per heavy atom. The maximum Gasteiger partial charge on any atom is 0.249 e. The molecular formula is C12H14N2O3. The van der Waals surface area contributed by atoms with Crippen LogP contribution in [0.4, 0.5) is 0 Å². The first-order valence-electron chi connectivity index (χ1n) is 5.41. The number of nitrogens with two attached hydrogens (primary N) is 1. The number of rotatable bonds is 3. The lowest BCUT2D eigenvalue weighted by molar-refractivity contribution is -0.150. The van der Waals surface area contributed by atoms with Crippen LogP contribution >= 0.6 is 0 Å². The number of carbonyl (C=O) groups is 2. The molecule has 1 aromatic carbocycles. The molecule has 17 heavy (non-hydrogen) atoms. The first-order chi connectivity index (χ1) is 8.20. The number of carbonyl (C=O) groups excluding carboxylic acids is 2. The Labute approximate surface area is 99.2 Å². The minimum absolute atomic E-state index is 0.0105. The van der Waals surface area contributed by atoms with Crippen LogP contribution in [0.2, 0.25) is 0 Å². The Morgan fingerprint density at radius 1 is 1.35 bits per heavy atom.